The molecule has 0 radical (unpaired) electrons. The highest BCUT2D eigenvalue weighted by Gasteiger charge is 2.28. The van der Waals surface area contributed by atoms with E-state index in [1.54, 1.807) is 0 Å². The van der Waals surface area contributed by atoms with Gasteiger partial charge in [-0.2, -0.15) is 0 Å². The number of hydrogen-bond donors (Lipinski definition) is 0. The van der Waals surface area contributed by atoms with Gasteiger partial charge in [-0.1, -0.05) is 172 Å². The van der Waals surface area contributed by atoms with E-state index < -0.39 is 0 Å². The van der Waals surface area contributed by atoms with Gasteiger partial charge in [-0.05, 0) is 67.3 Å². The van der Waals surface area contributed by atoms with E-state index in [0.717, 1.165) is 61.1 Å². The summed E-state index contributed by atoms with van der Waals surface area (Å²) in [4.78, 5) is 10.7. The molecule has 3 heteroatoms. The Balaban J connectivity index is 1.25. The van der Waals surface area contributed by atoms with E-state index in [1.807, 2.05) is 0 Å². The Hall–Kier alpha value is -5.80. The summed E-state index contributed by atoms with van der Waals surface area (Å²) >= 11 is 0. The average Bonchev–Trinajstić information content (AvgIpc) is 3.54. The Morgan fingerprint density at radius 3 is 1.55 bits per heavy atom. The summed E-state index contributed by atoms with van der Waals surface area (Å²) in [5.74, 6) is 0.717. The van der Waals surface area contributed by atoms with Gasteiger partial charge in [-0.3, -0.25) is 0 Å². The van der Waals surface area contributed by atoms with Crippen molar-refractivity contribution in [2.24, 2.45) is 0 Å². The molecule has 2 aromatic heterocycles. The number of aromatic nitrogens is 2. The smallest absolute Gasteiger partial charge is 0.160 e. The Kier molecular flexibility index (Phi) is 7.85. The minimum absolute atomic E-state index is 0.00266. The lowest BCUT2D eigenvalue weighted by Gasteiger charge is -2.25. The van der Waals surface area contributed by atoms with Gasteiger partial charge < -0.3 is 4.42 Å². The van der Waals surface area contributed by atoms with Crippen molar-refractivity contribution < 1.29 is 4.42 Å². The molecular formula is C52H48N2O. The largest absolute Gasteiger partial charge is 0.455 e. The third kappa shape index (κ3) is 5.89. The van der Waals surface area contributed by atoms with Gasteiger partial charge >= 0.3 is 0 Å². The molecule has 0 aliphatic rings. The summed E-state index contributed by atoms with van der Waals surface area (Å²) in [5, 5.41) is 8.15. The van der Waals surface area contributed by atoms with Crippen LogP contribution in [-0.4, -0.2) is 9.97 Å². The van der Waals surface area contributed by atoms with Gasteiger partial charge in [0.15, 0.2) is 5.82 Å². The van der Waals surface area contributed by atoms with Crippen LogP contribution in [0, 0.1) is 0 Å². The van der Waals surface area contributed by atoms with Crippen molar-refractivity contribution in [2.75, 3.05) is 0 Å². The maximum absolute atomic E-state index is 6.93. The fourth-order valence-electron chi connectivity index (χ4n) is 8.21. The van der Waals surface area contributed by atoms with Crippen molar-refractivity contribution in [2.45, 2.75) is 78.6 Å². The Labute approximate surface area is 324 Å². The van der Waals surface area contributed by atoms with Gasteiger partial charge in [0.25, 0.3) is 0 Å². The van der Waals surface area contributed by atoms with Gasteiger partial charge in [-0.15, -0.1) is 0 Å². The number of benzene rings is 7. The molecule has 55 heavy (non-hydrogen) atoms. The fraction of sp³-hybridized carbons (Fsp3) is 0.231. The first-order valence-electron chi connectivity index (χ1n) is 19.5. The second-order valence-corrected chi connectivity index (χ2v) is 18.3. The molecule has 0 amide bonds. The molecule has 272 valence electrons. The van der Waals surface area contributed by atoms with E-state index in [1.165, 1.54) is 43.8 Å². The Morgan fingerprint density at radius 2 is 0.927 bits per heavy atom. The predicted octanol–water partition coefficient (Wildman–Crippen LogP) is 14.7. The monoisotopic (exact) mass is 716 g/mol. The van der Waals surface area contributed by atoms with Crippen LogP contribution in [0.15, 0.2) is 132 Å². The van der Waals surface area contributed by atoms with Crippen LogP contribution in [0.1, 0.15) is 79.0 Å². The van der Waals surface area contributed by atoms with E-state index in [2.05, 4.69) is 190 Å². The number of hydrogen-bond acceptors (Lipinski definition) is 3. The molecule has 0 saturated carbocycles. The first-order chi connectivity index (χ1) is 26.2. The van der Waals surface area contributed by atoms with Crippen LogP contribution < -0.4 is 0 Å². The zero-order valence-electron chi connectivity index (χ0n) is 33.4. The second-order valence-electron chi connectivity index (χ2n) is 18.3. The van der Waals surface area contributed by atoms with Gasteiger partial charge in [0.2, 0.25) is 0 Å². The lowest BCUT2D eigenvalue weighted by Crippen LogP contribution is -2.16. The van der Waals surface area contributed by atoms with E-state index >= 15 is 0 Å². The van der Waals surface area contributed by atoms with Gasteiger partial charge in [0, 0.05) is 43.8 Å². The average molecular weight is 717 g/mol. The predicted molar refractivity (Wildman–Crippen MR) is 234 cm³/mol. The number of rotatable bonds is 3. The summed E-state index contributed by atoms with van der Waals surface area (Å²) in [6.45, 7) is 20.6. The van der Waals surface area contributed by atoms with Crippen molar-refractivity contribution in [3.05, 3.63) is 144 Å². The quantitative estimate of drug-likeness (QED) is 0.171. The highest BCUT2D eigenvalue weighted by atomic mass is 16.3. The topological polar surface area (TPSA) is 38.9 Å². The van der Waals surface area contributed by atoms with Crippen LogP contribution >= 0.6 is 0 Å². The molecule has 0 aliphatic carbocycles. The standard InChI is InChI=1S/C52H48N2O/c1-50(2,3)35-29-41-40-27-34(28-42(51(4,5)6)47(40)55-48(41)43(30-35)52(7,8)9)31-23-25-33(26-24-31)49-53-45(32-17-11-10-12-18-32)44-38-21-15-13-19-36(38)37-20-14-16-22-39(37)46(44)54-49/h10-30H,1-9H3. The van der Waals surface area contributed by atoms with Crippen LogP contribution in [0.4, 0.5) is 0 Å². The van der Waals surface area contributed by atoms with Crippen molar-refractivity contribution >= 4 is 54.4 Å². The maximum atomic E-state index is 6.93. The molecule has 0 saturated heterocycles. The SMILES string of the molecule is CC(C)(C)c1cc(C(C)(C)C)c2oc3c(C(C)(C)C)cc(-c4ccc(-c5nc(-c6ccccc6)c6c7ccccc7c7ccccc7c6n5)cc4)cc3c2c1. The minimum Gasteiger partial charge on any atom is -0.455 e. The van der Waals surface area contributed by atoms with Crippen LogP contribution in [0.3, 0.4) is 0 Å². The summed E-state index contributed by atoms with van der Waals surface area (Å²) in [7, 11) is 0. The van der Waals surface area contributed by atoms with E-state index in [0.29, 0.717) is 0 Å². The lowest BCUT2D eigenvalue weighted by atomic mass is 9.79. The fourth-order valence-corrected chi connectivity index (χ4v) is 8.21. The molecule has 0 unspecified atom stereocenters. The molecule has 2 heterocycles. The summed E-state index contributed by atoms with van der Waals surface area (Å²) in [6.07, 6.45) is 0. The maximum Gasteiger partial charge on any atom is 0.160 e. The van der Waals surface area contributed by atoms with Gasteiger partial charge in [0.05, 0.1) is 11.2 Å². The lowest BCUT2D eigenvalue weighted by molar-refractivity contribution is 0.550. The zero-order valence-corrected chi connectivity index (χ0v) is 33.4. The molecular weight excluding hydrogens is 669 g/mol. The Bertz CT molecular complexity index is 2950. The molecule has 0 fully saturated rings. The van der Waals surface area contributed by atoms with E-state index in [4.69, 9.17) is 14.4 Å². The molecule has 0 bridgehead atoms. The molecule has 0 N–H and O–H groups in total. The molecule has 9 rings (SSSR count). The highest BCUT2D eigenvalue weighted by Crippen LogP contribution is 2.45. The minimum atomic E-state index is -0.128. The number of furan rings is 1. The first-order valence-corrected chi connectivity index (χ1v) is 19.5. The number of nitrogens with zero attached hydrogens (tertiary/aromatic N) is 2. The van der Waals surface area contributed by atoms with Crippen molar-refractivity contribution in [3.63, 3.8) is 0 Å². The summed E-state index contributed by atoms with van der Waals surface area (Å²) in [6, 6.07) is 46.0. The van der Waals surface area contributed by atoms with E-state index in [-0.39, 0.29) is 16.2 Å². The third-order valence-electron chi connectivity index (χ3n) is 11.3. The van der Waals surface area contributed by atoms with Gasteiger partial charge in [-0.25, -0.2) is 9.97 Å². The molecule has 9 aromatic rings. The molecule has 3 nitrogen and oxygen atoms in total. The summed E-state index contributed by atoms with van der Waals surface area (Å²) in [5.41, 5.74) is 11.9. The highest BCUT2D eigenvalue weighted by molar-refractivity contribution is 6.27. The second kappa shape index (κ2) is 12.4. The van der Waals surface area contributed by atoms with Crippen molar-refractivity contribution in [1.29, 1.82) is 0 Å². The molecule has 0 spiro atoms. The Morgan fingerprint density at radius 1 is 0.400 bits per heavy atom. The van der Waals surface area contributed by atoms with Crippen molar-refractivity contribution in [3.8, 4) is 33.8 Å². The summed E-state index contributed by atoms with van der Waals surface area (Å²) < 4.78 is 6.93. The van der Waals surface area contributed by atoms with Crippen LogP contribution in [0.5, 0.6) is 0 Å². The van der Waals surface area contributed by atoms with E-state index in [9.17, 15) is 0 Å². The van der Waals surface area contributed by atoms with Crippen LogP contribution in [-0.2, 0) is 16.2 Å². The normalized spacial score (nSPS) is 12.8. The molecule has 0 atom stereocenters. The number of fused-ring (bicyclic) bond motifs is 9. The van der Waals surface area contributed by atoms with Gasteiger partial charge in [0.1, 0.15) is 11.2 Å². The van der Waals surface area contributed by atoms with Crippen LogP contribution in [0.25, 0.3) is 88.2 Å². The first kappa shape index (κ1) is 34.9. The molecule has 0 aliphatic heterocycles. The van der Waals surface area contributed by atoms with Crippen LogP contribution in [0.2, 0.25) is 0 Å². The zero-order chi connectivity index (χ0) is 38.4. The third-order valence-corrected chi connectivity index (χ3v) is 11.3. The van der Waals surface area contributed by atoms with Crippen molar-refractivity contribution in [1.82, 2.24) is 9.97 Å². The molecule has 7 aromatic carbocycles.